The lowest BCUT2D eigenvalue weighted by Crippen LogP contribution is -2.01. The van der Waals surface area contributed by atoms with Crippen LogP contribution in [0.25, 0.3) is 0 Å². The van der Waals surface area contributed by atoms with Crippen LogP contribution in [0.3, 0.4) is 0 Å². The Morgan fingerprint density at radius 3 is 2.67 bits per heavy atom. The molecule has 0 saturated carbocycles. The zero-order valence-corrected chi connectivity index (χ0v) is 9.37. The smallest absolute Gasteiger partial charge is 0.115 e. The van der Waals surface area contributed by atoms with Gasteiger partial charge in [-0.05, 0) is 12.1 Å². The second kappa shape index (κ2) is 4.70. The first-order chi connectivity index (χ1) is 7.25. The highest BCUT2D eigenvalue weighted by atomic mass is 35.5. The number of nitrogens with zero attached hydrogens (tertiary/aromatic N) is 2. The van der Waals surface area contributed by atoms with Crippen LogP contribution in [0.4, 0.5) is 0 Å². The van der Waals surface area contributed by atoms with Crippen molar-refractivity contribution in [3.63, 3.8) is 0 Å². The summed E-state index contributed by atoms with van der Waals surface area (Å²) >= 11 is 7.28. The summed E-state index contributed by atoms with van der Waals surface area (Å²) in [6.07, 6.45) is 4.66. The SMILES string of the molecule is OC(Cc1ccc(Cl)s1)c1cncnc1. The number of rotatable bonds is 3. The lowest BCUT2D eigenvalue weighted by molar-refractivity contribution is 0.178. The van der Waals surface area contributed by atoms with E-state index in [2.05, 4.69) is 9.97 Å². The van der Waals surface area contributed by atoms with Crippen molar-refractivity contribution in [1.82, 2.24) is 9.97 Å². The van der Waals surface area contributed by atoms with Crippen molar-refractivity contribution in [2.75, 3.05) is 0 Å². The van der Waals surface area contributed by atoms with E-state index in [0.29, 0.717) is 6.42 Å². The molecule has 15 heavy (non-hydrogen) atoms. The van der Waals surface area contributed by atoms with Gasteiger partial charge in [-0.1, -0.05) is 11.6 Å². The van der Waals surface area contributed by atoms with Crippen molar-refractivity contribution < 1.29 is 5.11 Å². The van der Waals surface area contributed by atoms with E-state index in [0.717, 1.165) is 14.8 Å². The molecule has 0 amide bonds. The van der Waals surface area contributed by atoms with Gasteiger partial charge in [0.15, 0.2) is 0 Å². The zero-order valence-electron chi connectivity index (χ0n) is 7.80. The van der Waals surface area contributed by atoms with Gasteiger partial charge in [0.25, 0.3) is 0 Å². The van der Waals surface area contributed by atoms with Gasteiger partial charge in [-0.3, -0.25) is 0 Å². The Bertz CT molecular complexity index is 432. The summed E-state index contributed by atoms with van der Waals surface area (Å²) in [5.74, 6) is 0. The highest BCUT2D eigenvalue weighted by Crippen LogP contribution is 2.25. The standard InChI is InChI=1S/C10H9ClN2OS/c11-10-2-1-8(15-10)3-9(14)7-4-12-6-13-5-7/h1-2,4-6,9,14H,3H2. The largest absolute Gasteiger partial charge is 0.388 e. The Morgan fingerprint density at radius 1 is 1.33 bits per heavy atom. The number of aliphatic hydroxyl groups excluding tert-OH is 1. The Labute approximate surface area is 96.4 Å². The van der Waals surface area contributed by atoms with Crippen LogP contribution in [0.15, 0.2) is 30.9 Å². The normalized spacial score (nSPS) is 12.7. The Kier molecular flexibility index (Phi) is 3.30. The fourth-order valence-corrected chi connectivity index (χ4v) is 2.38. The third-order valence-corrected chi connectivity index (χ3v) is 3.24. The molecule has 1 N–H and O–H groups in total. The molecule has 0 aliphatic heterocycles. The molecule has 0 fully saturated rings. The molecule has 0 aliphatic carbocycles. The van der Waals surface area contributed by atoms with Crippen LogP contribution in [0.1, 0.15) is 16.5 Å². The second-order valence-electron chi connectivity index (χ2n) is 3.10. The van der Waals surface area contributed by atoms with Crippen molar-refractivity contribution >= 4 is 22.9 Å². The maximum absolute atomic E-state index is 9.87. The van der Waals surface area contributed by atoms with E-state index in [1.165, 1.54) is 17.7 Å². The van der Waals surface area contributed by atoms with Crippen molar-refractivity contribution in [3.8, 4) is 0 Å². The average molecular weight is 241 g/mol. The predicted octanol–water partition coefficient (Wildman–Crippen LogP) is 2.47. The molecule has 0 aliphatic rings. The van der Waals surface area contributed by atoms with Crippen LogP contribution in [-0.4, -0.2) is 15.1 Å². The molecule has 78 valence electrons. The first kappa shape index (κ1) is 10.5. The summed E-state index contributed by atoms with van der Waals surface area (Å²) in [6.45, 7) is 0. The minimum absolute atomic E-state index is 0.546. The van der Waals surface area contributed by atoms with Crippen molar-refractivity contribution in [2.45, 2.75) is 12.5 Å². The van der Waals surface area contributed by atoms with E-state index >= 15 is 0 Å². The van der Waals surface area contributed by atoms with Crippen molar-refractivity contribution in [1.29, 1.82) is 0 Å². The molecule has 2 aromatic rings. The van der Waals surface area contributed by atoms with Crippen molar-refractivity contribution in [3.05, 3.63) is 45.6 Å². The summed E-state index contributed by atoms with van der Waals surface area (Å²) in [6, 6.07) is 3.75. The van der Waals surface area contributed by atoms with Crippen LogP contribution in [0.2, 0.25) is 4.34 Å². The zero-order chi connectivity index (χ0) is 10.7. The van der Waals surface area contributed by atoms with Gasteiger partial charge in [0, 0.05) is 29.3 Å². The molecule has 0 saturated heterocycles. The third kappa shape index (κ3) is 2.75. The molecule has 0 spiro atoms. The van der Waals surface area contributed by atoms with Crippen LogP contribution < -0.4 is 0 Å². The van der Waals surface area contributed by atoms with Gasteiger partial charge >= 0.3 is 0 Å². The number of halogens is 1. The quantitative estimate of drug-likeness (QED) is 0.897. The molecule has 0 aromatic carbocycles. The van der Waals surface area contributed by atoms with Crippen molar-refractivity contribution in [2.24, 2.45) is 0 Å². The number of thiophene rings is 1. The van der Waals surface area contributed by atoms with Gasteiger partial charge in [0.05, 0.1) is 10.4 Å². The van der Waals surface area contributed by atoms with E-state index < -0.39 is 6.10 Å². The van der Waals surface area contributed by atoms with Crippen LogP contribution >= 0.6 is 22.9 Å². The van der Waals surface area contributed by atoms with Gasteiger partial charge in [0.1, 0.15) is 6.33 Å². The first-order valence-corrected chi connectivity index (χ1v) is 5.62. The minimum Gasteiger partial charge on any atom is -0.388 e. The summed E-state index contributed by atoms with van der Waals surface area (Å²) in [4.78, 5) is 8.77. The molecule has 5 heteroatoms. The molecular formula is C10H9ClN2OS. The fraction of sp³-hybridized carbons (Fsp3) is 0.200. The molecule has 2 aromatic heterocycles. The maximum Gasteiger partial charge on any atom is 0.115 e. The maximum atomic E-state index is 9.87. The topological polar surface area (TPSA) is 46.0 Å². The van der Waals surface area contributed by atoms with Gasteiger partial charge in [-0.25, -0.2) is 9.97 Å². The van der Waals surface area contributed by atoms with E-state index in [1.807, 2.05) is 12.1 Å². The molecule has 0 bridgehead atoms. The minimum atomic E-state index is -0.569. The first-order valence-electron chi connectivity index (χ1n) is 4.43. The predicted molar refractivity (Wildman–Crippen MR) is 60.0 cm³/mol. The molecular weight excluding hydrogens is 232 g/mol. The lowest BCUT2D eigenvalue weighted by atomic mass is 10.1. The van der Waals surface area contributed by atoms with E-state index in [9.17, 15) is 5.11 Å². The second-order valence-corrected chi connectivity index (χ2v) is 4.90. The average Bonchev–Trinajstić information content (AvgIpc) is 2.65. The van der Waals surface area contributed by atoms with E-state index in [1.54, 1.807) is 12.4 Å². The molecule has 1 atom stereocenters. The number of hydrogen-bond acceptors (Lipinski definition) is 4. The number of aliphatic hydroxyl groups is 1. The van der Waals surface area contributed by atoms with E-state index in [4.69, 9.17) is 11.6 Å². The molecule has 2 rings (SSSR count). The third-order valence-electron chi connectivity index (χ3n) is 1.99. The van der Waals surface area contributed by atoms with Crippen LogP contribution in [0, 0.1) is 0 Å². The summed E-state index contributed by atoms with van der Waals surface area (Å²) in [5, 5.41) is 9.87. The molecule has 0 radical (unpaired) electrons. The van der Waals surface area contributed by atoms with Crippen LogP contribution in [0.5, 0.6) is 0 Å². The Hall–Kier alpha value is -0.970. The summed E-state index contributed by atoms with van der Waals surface area (Å²) in [5.41, 5.74) is 0.724. The van der Waals surface area contributed by atoms with Gasteiger partial charge in [-0.15, -0.1) is 11.3 Å². The fourth-order valence-electron chi connectivity index (χ4n) is 1.25. The molecule has 2 heterocycles. The Morgan fingerprint density at radius 2 is 2.07 bits per heavy atom. The van der Waals surface area contributed by atoms with Gasteiger partial charge in [0.2, 0.25) is 0 Å². The number of hydrogen-bond donors (Lipinski definition) is 1. The molecule has 3 nitrogen and oxygen atoms in total. The van der Waals surface area contributed by atoms with Crippen LogP contribution in [-0.2, 0) is 6.42 Å². The van der Waals surface area contributed by atoms with E-state index in [-0.39, 0.29) is 0 Å². The monoisotopic (exact) mass is 240 g/mol. The highest BCUT2D eigenvalue weighted by Gasteiger charge is 2.10. The van der Waals surface area contributed by atoms with Gasteiger partial charge in [-0.2, -0.15) is 0 Å². The van der Waals surface area contributed by atoms with Gasteiger partial charge < -0.3 is 5.11 Å². The summed E-state index contributed by atoms with van der Waals surface area (Å²) in [7, 11) is 0. The lowest BCUT2D eigenvalue weighted by Gasteiger charge is -2.07. The Balaban J connectivity index is 2.07. The molecule has 1 unspecified atom stereocenters. The highest BCUT2D eigenvalue weighted by molar-refractivity contribution is 7.16. The number of aromatic nitrogens is 2. The summed E-state index contributed by atoms with van der Waals surface area (Å²) < 4.78 is 0.738.